The first-order chi connectivity index (χ1) is 8.15. The summed E-state index contributed by atoms with van der Waals surface area (Å²) in [5.41, 5.74) is 6.74. The molecule has 1 aromatic rings. The van der Waals surface area contributed by atoms with E-state index in [1.54, 1.807) is 0 Å². The van der Waals surface area contributed by atoms with Gasteiger partial charge in [-0.1, -0.05) is 35.9 Å². The van der Waals surface area contributed by atoms with Crippen molar-refractivity contribution in [3.05, 3.63) is 47.0 Å². The van der Waals surface area contributed by atoms with Gasteiger partial charge in [-0.25, -0.2) is 0 Å². The molecule has 2 atom stereocenters. The van der Waals surface area contributed by atoms with Gasteiger partial charge in [0.1, 0.15) is 0 Å². The monoisotopic (exact) mass is 250 g/mol. The Morgan fingerprint density at radius 3 is 2.65 bits per heavy atom. The number of rotatable bonds is 3. The predicted molar refractivity (Wildman–Crippen MR) is 68.5 cm³/mol. The van der Waals surface area contributed by atoms with Gasteiger partial charge in [0.2, 0.25) is 5.91 Å². The van der Waals surface area contributed by atoms with Crippen LogP contribution in [0.15, 0.2) is 36.4 Å². The van der Waals surface area contributed by atoms with Crippen molar-refractivity contribution < 1.29 is 4.79 Å². The smallest absolute Gasteiger partial charge is 0.227 e. The number of nitrogens with one attached hydrogen (secondary N) is 1. The lowest BCUT2D eigenvalue weighted by atomic mass is 10.1. The molecule has 1 amide bonds. The Morgan fingerprint density at radius 1 is 1.35 bits per heavy atom. The van der Waals surface area contributed by atoms with E-state index in [4.69, 9.17) is 17.3 Å². The molecule has 3 N–H and O–H groups in total. The van der Waals surface area contributed by atoms with Gasteiger partial charge in [0.15, 0.2) is 0 Å². The van der Waals surface area contributed by atoms with E-state index in [-0.39, 0.29) is 17.9 Å². The predicted octanol–water partition coefficient (Wildman–Crippen LogP) is 1.86. The van der Waals surface area contributed by atoms with Gasteiger partial charge in [0, 0.05) is 17.6 Å². The van der Waals surface area contributed by atoms with E-state index in [0.717, 1.165) is 5.56 Å². The molecule has 17 heavy (non-hydrogen) atoms. The van der Waals surface area contributed by atoms with Gasteiger partial charge in [0.25, 0.3) is 0 Å². The Balaban J connectivity index is 1.84. The molecule has 0 radical (unpaired) electrons. The van der Waals surface area contributed by atoms with E-state index in [2.05, 4.69) is 5.32 Å². The van der Waals surface area contributed by atoms with E-state index in [9.17, 15) is 4.79 Å². The van der Waals surface area contributed by atoms with Crippen LogP contribution in [-0.2, 0) is 11.3 Å². The van der Waals surface area contributed by atoms with Crippen molar-refractivity contribution in [2.75, 3.05) is 0 Å². The second kappa shape index (κ2) is 5.34. The number of hydrogen-bond acceptors (Lipinski definition) is 2. The summed E-state index contributed by atoms with van der Waals surface area (Å²) >= 11 is 5.78. The Kier molecular flexibility index (Phi) is 3.82. The van der Waals surface area contributed by atoms with Crippen LogP contribution in [0.4, 0.5) is 0 Å². The lowest BCUT2D eigenvalue weighted by molar-refractivity contribution is -0.123. The molecule has 0 bridgehead atoms. The fraction of sp³-hybridized carbons (Fsp3) is 0.308. The molecular formula is C13H15ClN2O. The van der Waals surface area contributed by atoms with Crippen LogP contribution >= 0.6 is 11.6 Å². The molecule has 0 saturated heterocycles. The quantitative estimate of drug-likeness (QED) is 0.805. The van der Waals surface area contributed by atoms with E-state index in [0.29, 0.717) is 18.0 Å². The maximum absolute atomic E-state index is 11.8. The number of halogens is 1. The Labute approximate surface area is 106 Å². The van der Waals surface area contributed by atoms with Crippen LogP contribution in [-0.4, -0.2) is 11.9 Å². The SMILES string of the molecule is NC1C=CC(C(=O)NCc2ccc(Cl)cc2)C1. The van der Waals surface area contributed by atoms with E-state index in [1.807, 2.05) is 36.4 Å². The molecule has 1 aliphatic rings. The van der Waals surface area contributed by atoms with Crippen molar-refractivity contribution in [3.63, 3.8) is 0 Å². The topological polar surface area (TPSA) is 55.1 Å². The number of carbonyl (C=O) groups is 1. The minimum absolute atomic E-state index is 0.0151. The van der Waals surface area contributed by atoms with Gasteiger partial charge in [-0.15, -0.1) is 0 Å². The van der Waals surface area contributed by atoms with Crippen LogP contribution in [0.2, 0.25) is 5.02 Å². The summed E-state index contributed by atoms with van der Waals surface area (Å²) in [5, 5.41) is 3.59. The number of amides is 1. The summed E-state index contributed by atoms with van der Waals surface area (Å²) < 4.78 is 0. The molecule has 2 unspecified atom stereocenters. The minimum Gasteiger partial charge on any atom is -0.352 e. The highest BCUT2D eigenvalue weighted by molar-refractivity contribution is 6.30. The number of nitrogens with two attached hydrogens (primary N) is 1. The standard InChI is InChI=1S/C13H15ClN2O/c14-11-4-1-9(2-5-11)8-16-13(17)10-3-6-12(15)7-10/h1-6,10,12H,7-8,15H2,(H,16,17). The van der Waals surface area contributed by atoms with Crippen molar-refractivity contribution >= 4 is 17.5 Å². The van der Waals surface area contributed by atoms with E-state index >= 15 is 0 Å². The summed E-state index contributed by atoms with van der Waals surface area (Å²) in [6, 6.07) is 7.45. The van der Waals surface area contributed by atoms with Crippen molar-refractivity contribution in [1.29, 1.82) is 0 Å². The average molecular weight is 251 g/mol. The first-order valence-corrected chi connectivity index (χ1v) is 5.99. The Hall–Kier alpha value is -1.32. The summed E-state index contributed by atoms with van der Waals surface area (Å²) in [4.78, 5) is 11.8. The highest BCUT2D eigenvalue weighted by atomic mass is 35.5. The zero-order valence-electron chi connectivity index (χ0n) is 9.40. The number of hydrogen-bond donors (Lipinski definition) is 2. The van der Waals surface area contributed by atoms with Gasteiger partial charge in [-0.05, 0) is 24.1 Å². The third-order valence-electron chi connectivity index (χ3n) is 2.83. The molecule has 0 saturated carbocycles. The van der Waals surface area contributed by atoms with Gasteiger partial charge >= 0.3 is 0 Å². The molecule has 1 aromatic carbocycles. The van der Waals surface area contributed by atoms with Crippen LogP contribution in [0, 0.1) is 5.92 Å². The minimum atomic E-state index is -0.0858. The fourth-order valence-corrected chi connectivity index (χ4v) is 1.97. The molecule has 0 heterocycles. The van der Waals surface area contributed by atoms with Gasteiger partial charge in [-0.2, -0.15) is 0 Å². The average Bonchev–Trinajstić information content (AvgIpc) is 2.75. The molecule has 90 valence electrons. The molecule has 0 fully saturated rings. The lowest BCUT2D eigenvalue weighted by Gasteiger charge is -2.10. The normalized spacial score (nSPS) is 22.7. The third kappa shape index (κ3) is 3.32. The zero-order chi connectivity index (χ0) is 12.3. The van der Waals surface area contributed by atoms with Crippen LogP contribution in [0.1, 0.15) is 12.0 Å². The van der Waals surface area contributed by atoms with Crippen molar-refractivity contribution in [2.24, 2.45) is 11.7 Å². The number of benzene rings is 1. The van der Waals surface area contributed by atoms with Gasteiger partial charge < -0.3 is 11.1 Å². The molecule has 4 heteroatoms. The lowest BCUT2D eigenvalue weighted by Crippen LogP contribution is -2.30. The summed E-state index contributed by atoms with van der Waals surface area (Å²) in [7, 11) is 0. The molecule has 0 aliphatic heterocycles. The largest absolute Gasteiger partial charge is 0.352 e. The van der Waals surface area contributed by atoms with Gasteiger partial charge in [-0.3, -0.25) is 4.79 Å². The van der Waals surface area contributed by atoms with Crippen LogP contribution in [0.25, 0.3) is 0 Å². The molecule has 1 aliphatic carbocycles. The molecule has 0 aromatic heterocycles. The van der Waals surface area contributed by atoms with Crippen LogP contribution in [0.5, 0.6) is 0 Å². The van der Waals surface area contributed by atoms with E-state index in [1.165, 1.54) is 0 Å². The van der Waals surface area contributed by atoms with Gasteiger partial charge in [0.05, 0.1) is 5.92 Å². The zero-order valence-corrected chi connectivity index (χ0v) is 10.2. The summed E-state index contributed by atoms with van der Waals surface area (Å²) in [6.45, 7) is 0.523. The van der Waals surface area contributed by atoms with Crippen molar-refractivity contribution in [3.8, 4) is 0 Å². The first-order valence-electron chi connectivity index (χ1n) is 5.61. The van der Waals surface area contributed by atoms with Crippen LogP contribution in [0.3, 0.4) is 0 Å². The molecule has 0 spiro atoms. The first kappa shape index (κ1) is 12.1. The maximum atomic E-state index is 11.8. The van der Waals surface area contributed by atoms with E-state index < -0.39 is 0 Å². The summed E-state index contributed by atoms with van der Waals surface area (Å²) in [5.74, 6) is -0.0542. The van der Waals surface area contributed by atoms with Crippen molar-refractivity contribution in [1.82, 2.24) is 5.32 Å². The third-order valence-corrected chi connectivity index (χ3v) is 3.09. The fourth-order valence-electron chi connectivity index (χ4n) is 1.84. The maximum Gasteiger partial charge on any atom is 0.227 e. The van der Waals surface area contributed by atoms with Crippen LogP contribution < -0.4 is 11.1 Å². The second-order valence-electron chi connectivity index (χ2n) is 4.24. The molecule has 3 nitrogen and oxygen atoms in total. The Bertz CT molecular complexity index is 428. The summed E-state index contributed by atoms with van der Waals surface area (Å²) in [6.07, 6.45) is 4.46. The van der Waals surface area contributed by atoms with Crippen molar-refractivity contribution in [2.45, 2.75) is 19.0 Å². The molecule has 2 rings (SSSR count). The second-order valence-corrected chi connectivity index (χ2v) is 4.67. The number of carbonyl (C=O) groups excluding carboxylic acids is 1. The highest BCUT2D eigenvalue weighted by Crippen LogP contribution is 2.16. The molecular weight excluding hydrogens is 236 g/mol. The Morgan fingerprint density at radius 2 is 2.06 bits per heavy atom. The highest BCUT2D eigenvalue weighted by Gasteiger charge is 2.22.